The highest BCUT2D eigenvalue weighted by molar-refractivity contribution is 5.99. The third-order valence-electron chi connectivity index (χ3n) is 2.31. The summed E-state index contributed by atoms with van der Waals surface area (Å²) in [6.45, 7) is 0. The quantitative estimate of drug-likeness (QED) is 0.628. The van der Waals surface area contributed by atoms with Crippen LogP contribution in [0.5, 0.6) is 0 Å². The Hall–Kier alpha value is -2.44. The topological polar surface area (TPSA) is 83.2 Å². The van der Waals surface area contributed by atoms with Crippen molar-refractivity contribution in [2.45, 2.75) is 0 Å². The first-order valence-corrected chi connectivity index (χ1v) is 5.23. The molecule has 2 aromatic rings. The summed E-state index contributed by atoms with van der Waals surface area (Å²) in [4.78, 5) is 9.75. The van der Waals surface area contributed by atoms with Crippen LogP contribution in [0.15, 0.2) is 29.6 Å². The van der Waals surface area contributed by atoms with Gasteiger partial charge in [-0.3, -0.25) is 10.1 Å². The highest BCUT2D eigenvalue weighted by Gasteiger charge is 2.08. The molecule has 0 bridgehead atoms. The number of halogens is 1. The van der Waals surface area contributed by atoms with Crippen LogP contribution in [0.4, 0.5) is 15.9 Å². The van der Waals surface area contributed by atoms with Crippen molar-refractivity contribution in [3.8, 4) is 0 Å². The zero-order valence-corrected chi connectivity index (χ0v) is 10.1. The maximum atomic E-state index is 13.0. The molecule has 2 heterocycles. The molecular weight excluding hydrogens is 235 g/mol. The highest BCUT2D eigenvalue weighted by atomic mass is 19.1. The number of pyridine rings is 1. The molecule has 18 heavy (non-hydrogen) atoms. The van der Waals surface area contributed by atoms with Gasteiger partial charge in [0, 0.05) is 25.9 Å². The van der Waals surface area contributed by atoms with E-state index in [2.05, 4.69) is 20.2 Å². The number of aromatic nitrogens is 3. The second-order valence-corrected chi connectivity index (χ2v) is 3.89. The average molecular weight is 248 g/mol. The van der Waals surface area contributed by atoms with E-state index in [1.54, 1.807) is 6.20 Å². The van der Waals surface area contributed by atoms with Crippen molar-refractivity contribution in [3.63, 3.8) is 0 Å². The number of aliphatic imine (C=N–C) groups is 1. The first-order chi connectivity index (χ1) is 8.58. The number of rotatable bonds is 3. The number of hydrogen-bond donors (Lipinski definition) is 2. The Morgan fingerprint density at radius 3 is 2.83 bits per heavy atom. The Labute approximate surface area is 103 Å². The van der Waals surface area contributed by atoms with Gasteiger partial charge in [-0.1, -0.05) is 0 Å². The molecule has 0 unspecified atom stereocenters. The molecule has 2 rings (SSSR count). The zero-order valence-electron chi connectivity index (χ0n) is 10.1. The fourth-order valence-corrected chi connectivity index (χ4v) is 1.42. The third-order valence-corrected chi connectivity index (χ3v) is 2.31. The molecule has 3 N–H and O–H groups in total. The molecule has 6 nitrogen and oxygen atoms in total. The molecule has 2 aromatic heterocycles. The van der Waals surface area contributed by atoms with Crippen molar-refractivity contribution < 1.29 is 4.39 Å². The van der Waals surface area contributed by atoms with Crippen LogP contribution in [0.3, 0.4) is 0 Å². The van der Waals surface area contributed by atoms with Gasteiger partial charge in [0.1, 0.15) is 17.3 Å². The van der Waals surface area contributed by atoms with Gasteiger partial charge in [0.25, 0.3) is 0 Å². The van der Waals surface area contributed by atoms with Gasteiger partial charge in [-0.2, -0.15) is 5.10 Å². The van der Waals surface area contributed by atoms with E-state index in [-0.39, 0.29) is 5.84 Å². The number of hydrogen-bond acceptors (Lipinski definition) is 4. The number of H-pyrrole nitrogens is 1. The molecule has 0 spiro atoms. The summed E-state index contributed by atoms with van der Waals surface area (Å²) in [6, 6.07) is 1.28. The number of nitrogens with zero attached hydrogens (tertiary/aromatic N) is 4. The summed E-state index contributed by atoms with van der Waals surface area (Å²) in [7, 11) is 3.73. The molecular formula is C11H13FN6. The zero-order chi connectivity index (χ0) is 13.1. The molecule has 0 aliphatic rings. The van der Waals surface area contributed by atoms with E-state index >= 15 is 0 Å². The van der Waals surface area contributed by atoms with E-state index in [0.29, 0.717) is 11.4 Å². The summed E-state index contributed by atoms with van der Waals surface area (Å²) in [6.07, 6.45) is 4.20. The number of nitrogens with one attached hydrogen (secondary N) is 1. The first-order valence-electron chi connectivity index (χ1n) is 5.23. The Morgan fingerprint density at radius 1 is 1.39 bits per heavy atom. The molecule has 0 amide bonds. The van der Waals surface area contributed by atoms with Gasteiger partial charge >= 0.3 is 0 Å². The number of aromatic amines is 1. The smallest absolute Gasteiger partial charge is 0.173 e. The summed E-state index contributed by atoms with van der Waals surface area (Å²) in [5, 5.41) is 6.62. The number of nitrogens with two attached hydrogens (primary N) is 1. The van der Waals surface area contributed by atoms with E-state index in [4.69, 9.17) is 5.73 Å². The van der Waals surface area contributed by atoms with Crippen molar-refractivity contribution in [1.29, 1.82) is 0 Å². The van der Waals surface area contributed by atoms with Crippen molar-refractivity contribution in [3.05, 3.63) is 36.0 Å². The molecule has 0 saturated carbocycles. The van der Waals surface area contributed by atoms with E-state index in [1.807, 2.05) is 19.0 Å². The van der Waals surface area contributed by atoms with Crippen molar-refractivity contribution in [2.24, 2.45) is 10.7 Å². The second kappa shape index (κ2) is 4.82. The Bertz CT molecular complexity index is 574. The van der Waals surface area contributed by atoms with Crippen LogP contribution in [-0.2, 0) is 0 Å². The summed E-state index contributed by atoms with van der Waals surface area (Å²) in [5.74, 6) is 0.235. The minimum Gasteiger partial charge on any atom is -0.383 e. The Kier molecular flexibility index (Phi) is 3.22. The molecule has 0 aliphatic heterocycles. The van der Waals surface area contributed by atoms with Crippen LogP contribution in [0, 0.1) is 5.82 Å². The van der Waals surface area contributed by atoms with E-state index in [1.165, 1.54) is 12.3 Å². The first kappa shape index (κ1) is 12.0. The SMILES string of the molecule is CN(C)c1cn[nH]c1/N=C(\N)c1cncc(F)c1. The highest BCUT2D eigenvalue weighted by Crippen LogP contribution is 2.23. The van der Waals surface area contributed by atoms with Crippen LogP contribution in [0.1, 0.15) is 5.56 Å². The van der Waals surface area contributed by atoms with Crippen LogP contribution in [0.25, 0.3) is 0 Å². The van der Waals surface area contributed by atoms with Gasteiger partial charge in [0.2, 0.25) is 0 Å². The standard InChI is InChI=1S/C11H13FN6/c1-18(2)9-6-15-17-11(9)16-10(13)7-3-8(12)5-14-4-7/h3-6H,1-2H3,(H3,13,15,16,17). The number of amidine groups is 1. The maximum absolute atomic E-state index is 13.0. The van der Waals surface area contributed by atoms with Gasteiger partial charge in [-0.05, 0) is 6.07 Å². The third kappa shape index (κ3) is 2.45. The largest absolute Gasteiger partial charge is 0.383 e. The number of anilines is 1. The van der Waals surface area contributed by atoms with E-state index in [0.717, 1.165) is 11.9 Å². The minimum absolute atomic E-state index is 0.175. The van der Waals surface area contributed by atoms with Crippen LogP contribution >= 0.6 is 0 Å². The Balaban J connectivity index is 2.36. The summed E-state index contributed by atoms with van der Waals surface area (Å²) < 4.78 is 13.0. The fraction of sp³-hybridized carbons (Fsp3) is 0.182. The Morgan fingerprint density at radius 2 is 2.17 bits per heavy atom. The van der Waals surface area contributed by atoms with Crippen molar-refractivity contribution >= 4 is 17.3 Å². The molecule has 0 atom stereocenters. The van der Waals surface area contributed by atoms with Gasteiger partial charge in [-0.15, -0.1) is 0 Å². The van der Waals surface area contributed by atoms with E-state index < -0.39 is 5.82 Å². The lowest BCUT2D eigenvalue weighted by atomic mass is 10.2. The van der Waals surface area contributed by atoms with Gasteiger partial charge in [-0.25, -0.2) is 9.38 Å². The molecule has 94 valence electrons. The summed E-state index contributed by atoms with van der Waals surface area (Å²) >= 11 is 0. The van der Waals surface area contributed by atoms with Crippen molar-refractivity contribution in [2.75, 3.05) is 19.0 Å². The second-order valence-electron chi connectivity index (χ2n) is 3.89. The molecule has 0 aromatic carbocycles. The molecule has 0 radical (unpaired) electrons. The maximum Gasteiger partial charge on any atom is 0.173 e. The lowest BCUT2D eigenvalue weighted by molar-refractivity contribution is 0.621. The van der Waals surface area contributed by atoms with Gasteiger partial charge < -0.3 is 10.6 Å². The lowest BCUT2D eigenvalue weighted by Gasteiger charge is -2.09. The molecule has 7 heteroatoms. The molecule has 0 saturated heterocycles. The predicted octanol–water partition coefficient (Wildman–Crippen LogP) is 1.05. The molecule has 0 fully saturated rings. The average Bonchev–Trinajstić information content (AvgIpc) is 2.77. The fourth-order valence-electron chi connectivity index (χ4n) is 1.42. The monoisotopic (exact) mass is 248 g/mol. The van der Waals surface area contributed by atoms with E-state index in [9.17, 15) is 4.39 Å². The van der Waals surface area contributed by atoms with Gasteiger partial charge in [0.15, 0.2) is 5.82 Å². The molecule has 0 aliphatic carbocycles. The van der Waals surface area contributed by atoms with Crippen LogP contribution < -0.4 is 10.6 Å². The predicted molar refractivity (Wildman–Crippen MR) is 67.5 cm³/mol. The summed E-state index contributed by atoms with van der Waals surface area (Å²) in [5.41, 5.74) is 7.02. The van der Waals surface area contributed by atoms with Gasteiger partial charge in [0.05, 0.1) is 12.4 Å². The minimum atomic E-state index is -0.455. The lowest BCUT2D eigenvalue weighted by Crippen LogP contribution is -2.14. The normalized spacial score (nSPS) is 11.6. The van der Waals surface area contributed by atoms with Crippen LogP contribution in [-0.4, -0.2) is 35.1 Å². The van der Waals surface area contributed by atoms with Crippen molar-refractivity contribution in [1.82, 2.24) is 15.2 Å². The van der Waals surface area contributed by atoms with Crippen LogP contribution in [0.2, 0.25) is 0 Å².